The largest absolute Gasteiger partial charge is 0.382 e. The number of aliphatic hydroxyl groups is 1. The number of nitrogens with zero attached hydrogens (tertiary/aromatic N) is 1. The highest BCUT2D eigenvalue weighted by molar-refractivity contribution is 6.01. The highest BCUT2D eigenvalue weighted by Crippen LogP contribution is 2.34. The van der Waals surface area contributed by atoms with Crippen LogP contribution in [0.3, 0.4) is 0 Å². The van der Waals surface area contributed by atoms with Crippen LogP contribution in [0.4, 0.5) is 8.78 Å². The number of benzene rings is 1. The molecule has 0 aliphatic carbocycles. The Kier molecular flexibility index (Phi) is 3.66. The first kappa shape index (κ1) is 13.3. The molecule has 0 bridgehead atoms. The van der Waals surface area contributed by atoms with Gasteiger partial charge in [0.1, 0.15) is 0 Å². The number of carbonyl (C=O) groups is 1. The second-order valence-corrected chi connectivity index (χ2v) is 4.00. The van der Waals surface area contributed by atoms with Crippen LogP contribution in [-0.2, 0) is 0 Å². The smallest absolute Gasteiger partial charge is 0.339 e. The van der Waals surface area contributed by atoms with Gasteiger partial charge in [-0.2, -0.15) is 8.78 Å². The second-order valence-electron chi connectivity index (χ2n) is 4.00. The van der Waals surface area contributed by atoms with Crippen molar-refractivity contribution in [1.82, 2.24) is 4.98 Å². The summed E-state index contributed by atoms with van der Waals surface area (Å²) < 4.78 is 27.9. The molecule has 5 heteroatoms. The van der Waals surface area contributed by atoms with E-state index in [0.717, 1.165) is 0 Å². The van der Waals surface area contributed by atoms with E-state index in [2.05, 4.69) is 4.98 Å². The second kappa shape index (κ2) is 5.24. The van der Waals surface area contributed by atoms with Gasteiger partial charge in [0.15, 0.2) is 6.10 Å². The molecule has 0 aliphatic heterocycles. The maximum absolute atomic E-state index is 14.0. The molecule has 19 heavy (non-hydrogen) atoms. The van der Waals surface area contributed by atoms with Crippen molar-refractivity contribution >= 4 is 5.78 Å². The summed E-state index contributed by atoms with van der Waals surface area (Å²) in [7, 11) is 0. The topological polar surface area (TPSA) is 50.2 Å². The first-order valence-electron chi connectivity index (χ1n) is 5.59. The monoisotopic (exact) mass is 263 g/mol. The number of carbonyl (C=O) groups excluding carboxylic acids is 1. The average molecular weight is 263 g/mol. The minimum atomic E-state index is -3.89. The average Bonchev–Trinajstić information content (AvgIpc) is 2.47. The molecular formula is C14H11F2NO2. The van der Waals surface area contributed by atoms with Crippen molar-refractivity contribution in [3.63, 3.8) is 0 Å². The van der Waals surface area contributed by atoms with Crippen LogP contribution in [-0.4, -0.2) is 21.8 Å². The Bertz CT molecular complexity index is 558. The molecule has 1 N–H and O–H groups in total. The standard InChI is InChI=1S/C14H11F2NO2/c15-14(16,12(18)10-4-2-1-3-5-10)13(19)11-6-8-17-9-7-11/h1-9,13,19H. The van der Waals surface area contributed by atoms with Crippen molar-refractivity contribution in [2.45, 2.75) is 12.0 Å². The van der Waals surface area contributed by atoms with E-state index in [1.54, 1.807) is 6.07 Å². The van der Waals surface area contributed by atoms with E-state index in [9.17, 15) is 18.7 Å². The quantitative estimate of drug-likeness (QED) is 0.863. The summed E-state index contributed by atoms with van der Waals surface area (Å²) in [5.41, 5.74) is -0.190. The lowest BCUT2D eigenvalue weighted by atomic mass is 9.97. The highest BCUT2D eigenvalue weighted by Gasteiger charge is 2.47. The number of pyridine rings is 1. The van der Waals surface area contributed by atoms with Crippen molar-refractivity contribution in [2.75, 3.05) is 0 Å². The van der Waals surface area contributed by atoms with Gasteiger partial charge in [0, 0.05) is 18.0 Å². The van der Waals surface area contributed by atoms with Crippen LogP contribution in [0.2, 0.25) is 0 Å². The van der Waals surface area contributed by atoms with Crippen LogP contribution < -0.4 is 0 Å². The molecule has 1 atom stereocenters. The molecule has 0 saturated heterocycles. The molecule has 0 spiro atoms. The van der Waals surface area contributed by atoms with E-state index in [4.69, 9.17) is 0 Å². The number of rotatable bonds is 4. The zero-order valence-corrected chi connectivity index (χ0v) is 9.83. The molecule has 0 radical (unpaired) electrons. The van der Waals surface area contributed by atoms with Gasteiger partial charge in [0.05, 0.1) is 0 Å². The van der Waals surface area contributed by atoms with Gasteiger partial charge in [0.2, 0.25) is 5.78 Å². The molecule has 0 aliphatic rings. The molecule has 98 valence electrons. The minimum absolute atomic E-state index is 0.0516. The summed E-state index contributed by atoms with van der Waals surface area (Å²) in [6.07, 6.45) is 0.367. The Balaban J connectivity index is 2.30. The van der Waals surface area contributed by atoms with Gasteiger partial charge in [0.25, 0.3) is 0 Å². The fourth-order valence-electron chi connectivity index (χ4n) is 1.66. The van der Waals surface area contributed by atoms with Crippen molar-refractivity contribution in [3.8, 4) is 0 Å². The molecule has 2 aromatic rings. The van der Waals surface area contributed by atoms with Crippen molar-refractivity contribution in [2.24, 2.45) is 0 Å². The molecule has 2 rings (SSSR count). The third kappa shape index (κ3) is 2.66. The first-order valence-corrected chi connectivity index (χ1v) is 5.59. The lowest BCUT2D eigenvalue weighted by Crippen LogP contribution is -2.35. The Morgan fingerprint density at radius 3 is 2.26 bits per heavy atom. The number of aromatic nitrogens is 1. The van der Waals surface area contributed by atoms with Crippen LogP contribution in [0.25, 0.3) is 0 Å². The fourth-order valence-corrected chi connectivity index (χ4v) is 1.66. The third-order valence-electron chi connectivity index (χ3n) is 2.70. The number of aliphatic hydroxyl groups excluding tert-OH is 1. The summed E-state index contributed by atoms with van der Waals surface area (Å²) in [6, 6.07) is 9.66. The van der Waals surface area contributed by atoms with Gasteiger partial charge in [-0.25, -0.2) is 0 Å². The van der Waals surface area contributed by atoms with Crippen LogP contribution >= 0.6 is 0 Å². The lowest BCUT2D eigenvalue weighted by Gasteiger charge is -2.21. The molecule has 3 nitrogen and oxygen atoms in total. The van der Waals surface area contributed by atoms with Crippen LogP contribution in [0.1, 0.15) is 22.0 Å². The number of Topliss-reactive ketones (excluding diaryl/α,β-unsaturated/α-hetero) is 1. The summed E-state index contributed by atoms with van der Waals surface area (Å²) in [5, 5.41) is 9.68. The highest BCUT2D eigenvalue weighted by atomic mass is 19.3. The summed E-state index contributed by atoms with van der Waals surface area (Å²) >= 11 is 0. The third-order valence-corrected chi connectivity index (χ3v) is 2.70. The van der Waals surface area contributed by atoms with Crippen LogP contribution in [0.5, 0.6) is 0 Å². The maximum Gasteiger partial charge on any atom is 0.339 e. The zero-order chi connectivity index (χ0) is 13.9. The van der Waals surface area contributed by atoms with E-state index in [1.165, 1.54) is 48.8 Å². The predicted octanol–water partition coefficient (Wildman–Crippen LogP) is 2.63. The number of halogens is 2. The lowest BCUT2D eigenvalue weighted by molar-refractivity contribution is -0.0792. The number of hydrogen-bond donors (Lipinski definition) is 1. The zero-order valence-electron chi connectivity index (χ0n) is 9.83. The molecule has 1 aromatic carbocycles. The number of alkyl halides is 2. The van der Waals surface area contributed by atoms with Crippen LogP contribution in [0, 0.1) is 0 Å². The van der Waals surface area contributed by atoms with Crippen molar-refractivity contribution in [3.05, 3.63) is 66.0 Å². The predicted molar refractivity (Wildman–Crippen MR) is 64.9 cm³/mol. The van der Waals surface area contributed by atoms with E-state index >= 15 is 0 Å². The SMILES string of the molecule is O=C(c1ccccc1)C(F)(F)C(O)c1ccncc1. The molecule has 1 unspecified atom stereocenters. The Morgan fingerprint density at radius 2 is 1.68 bits per heavy atom. The Morgan fingerprint density at radius 1 is 1.11 bits per heavy atom. The Labute approximate surface area is 108 Å². The van der Waals surface area contributed by atoms with E-state index in [1.807, 2.05) is 0 Å². The van der Waals surface area contributed by atoms with Gasteiger partial charge < -0.3 is 5.11 Å². The summed E-state index contributed by atoms with van der Waals surface area (Å²) in [4.78, 5) is 15.4. The molecule has 0 saturated carbocycles. The summed E-state index contributed by atoms with van der Waals surface area (Å²) in [5.74, 6) is -5.29. The maximum atomic E-state index is 14.0. The van der Waals surface area contributed by atoms with Gasteiger partial charge >= 0.3 is 5.92 Å². The van der Waals surface area contributed by atoms with E-state index in [0.29, 0.717) is 0 Å². The fraction of sp³-hybridized carbons (Fsp3) is 0.143. The van der Waals surface area contributed by atoms with Gasteiger partial charge in [-0.05, 0) is 17.7 Å². The van der Waals surface area contributed by atoms with Crippen molar-refractivity contribution in [1.29, 1.82) is 0 Å². The molecule has 0 fully saturated rings. The molecular weight excluding hydrogens is 252 g/mol. The number of ketones is 1. The van der Waals surface area contributed by atoms with E-state index in [-0.39, 0.29) is 11.1 Å². The van der Waals surface area contributed by atoms with Crippen molar-refractivity contribution < 1.29 is 18.7 Å². The Hall–Kier alpha value is -2.14. The van der Waals surface area contributed by atoms with E-state index < -0.39 is 17.8 Å². The van der Waals surface area contributed by atoms with Gasteiger partial charge in [-0.1, -0.05) is 30.3 Å². The van der Waals surface area contributed by atoms with Crippen LogP contribution in [0.15, 0.2) is 54.9 Å². The normalized spacial score (nSPS) is 13.0. The minimum Gasteiger partial charge on any atom is -0.382 e. The summed E-state index contributed by atoms with van der Waals surface area (Å²) in [6.45, 7) is 0. The number of hydrogen-bond acceptors (Lipinski definition) is 3. The molecule has 1 aromatic heterocycles. The van der Waals surface area contributed by atoms with Gasteiger partial charge in [-0.15, -0.1) is 0 Å². The molecule has 0 amide bonds. The van der Waals surface area contributed by atoms with Gasteiger partial charge in [-0.3, -0.25) is 9.78 Å². The molecule has 1 heterocycles. The first-order chi connectivity index (χ1) is 9.03.